The van der Waals surface area contributed by atoms with Crippen LogP contribution >= 0.6 is 0 Å². The molecule has 10 nitrogen and oxygen atoms in total. The molecule has 3 atom stereocenters. The van der Waals surface area contributed by atoms with Crippen LogP contribution in [0.1, 0.15) is 33.3 Å². The number of ether oxygens (including phenoxy) is 1. The molecular formula is C32H41N5O5. The van der Waals surface area contributed by atoms with Crippen LogP contribution in [0.2, 0.25) is 0 Å². The van der Waals surface area contributed by atoms with Crippen LogP contribution in [0, 0.1) is 5.92 Å². The van der Waals surface area contributed by atoms with E-state index in [9.17, 15) is 19.5 Å². The molecule has 4 N–H and O–H groups in total. The van der Waals surface area contributed by atoms with Crippen LogP contribution in [0.4, 0.5) is 21.0 Å². The number of urea groups is 2. The molecule has 4 rings (SSSR count). The first-order chi connectivity index (χ1) is 20.0. The zero-order chi connectivity index (χ0) is 30.4. The molecule has 3 aromatic carbocycles. The van der Waals surface area contributed by atoms with Gasteiger partial charge in [0, 0.05) is 42.2 Å². The van der Waals surface area contributed by atoms with Crippen LogP contribution in [-0.4, -0.2) is 77.8 Å². The number of hydrogen-bond acceptors (Lipinski definition) is 5. The standard InChI is InChI=1S/C32H41N5O5/c1-20(2)33-32(41)36(5)18-29-21(3)17-37(22(4)19-38)30(39)16-24-15-25(13-14-28(24)42-29)34-31(40)35-27-12-8-10-23-9-6-7-11-26(23)27/h6-15,20-22,29,38H,16-19H2,1-5H3,(H,33,41)(H2,34,35,40)/t21-,22-,29+/m0/s1. The number of hydrogen-bond donors (Lipinski definition) is 4. The summed E-state index contributed by atoms with van der Waals surface area (Å²) in [7, 11) is 1.71. The summed E-state index contributed by atoms with van der Waals surface area (Å²) >= 11 is 0. The highest BCUT2D eigenvalue weighted by Crippen LogP contribution is 2.30. The monoisotopic (exact) mass is 575 g/mol. The lowest BCUT2D eigenvalue weighted by molar-refractivity contribution is -0.134. The maximum atomic E-state index is 13.5. The number of rotatable bonds is 7. The van der Waals surface area contributed by atoms with Gasteiger partial charge in [0.1, 0.15) is 11.9 Å². The second-order valence-electron chi connectivity index (χ2n) is 11.3. The van der Waals surface area contributed by atoms with Crippen molar-refractivity contribution in [3.63, 3.8) is 0 Å². The Bertz CT molecular complexity index is 1420. The van der Waals surface area contributed by atoms with Crippen molar-refractivity contribution in [3.05, 3.63) is 66.2 Å². The highest BCUT2D eigenvalue weighted by atomic mass is 16.5. The van der Waals surface area contributed by atoms with Crippen molar-refractivity contribution >= 4 is 40.1 Å². The van der Waals surface area contributed by atoms with Crippen LogP contribution in [0.3, 0.4) is 0 Å². The van der Waals surface area contributed by atoms with Crippen LogP contribution in [-0.2, 0) is 11.2 Å². The fourth-order valence-electron chi connectivity index (χ4n) is 5.05. The number of anilines is 2. The molecular weight excluding hydrogens is 534 g/mol. The van der Waals surface area contributed by atoms with E-state index in [4.69, 9.17) is 4.74 Å². The van der Waals surface area contributed by atoms with Gasteiger partial charge in [0.05, 0.1) is 31.3 Å². The van der Waals surface area contributed by atoms with E-state index in [2.05, 4.69) is 16.0 Å². The highest BCUT2D eigenvalue weighted by molar-refractivity contribution is 6.06. The number of nitrogens with one attached hydrogen (secondary N) is 3. The molecule has 10 heteroatoms. The Kier molecular flexibility index (Phi) is 9.90. The van der Waals surface area contributed by atoms with Crippen molar-refractivity contribution in [2.45, 2.75) is 52.3 Å². The van der Waals surface area contributed by atoms with Crippen LogP contribution in [0.25, 0.3) is 10.8 Å². The minimum absolute atomic E-state index is 0.0122. The van der Waals surface area contributed by atoms with Crippen molar-refractivity contribution in [3.8, 4) is 5.75 Å². The largest absolute Gasteiger partial charge is 0.488 e. The Labute approximate surface area is 247 Å². The summed E-state index contributed by atoms with van der Waals surface area (Å²) in [5.41, 5.74) is 1.79. The van der Waals surface area contributed by atoms with Gasteiger partial charge in [0.25, 0.3) is 0 Å². The van der Waals surface area contributed by atoms with E-state index in [0.29, 0.717) is 35.8 Å². The van der Waals surface area contributed by atoms with E-state index in [1.165, 1.54) is 0 Å². The Morgan fingerprint density at radius 2 is 1.81 bits per heavy atom. The van der Waals surface area contributed by atoms with E-state index < -0.39 is 18.2 Å². The third-order valence-corrected chi connectivity index (χ3v) is 7.42. The molecule has 0 fully saturated rings. The predicted molar refractivity (Wildman–Crippen MR) is 165 cm³/mol. The quantitative estimate of drug-likeness (QED) is 0.326. The van der Waals surface area contributed by atoms with E-state index in [0.717, 1.165) is 10.8 Å². The van der Waals surface area contributed by atoms with E-state index in [-0.39, 0.29) is 36.9 Å². The molecule has 0 aromatic heterocycles. The molecule has 42 heavy (non-hydrogen) atoms. The number of amides is 5. The molecule has 0 bridgehead atoms. The predicted octanol–water partition coefficient (Wildman–Crippen LogP) is 4.68. The fraction of sp³-hybridized carbons (Fsp3) is 0.406. The zero-order valence-electron chi connectivity index (χ0n) is 24.9. The summed E-state index contributed by atoms with van der Waals surface area (Å²) in [6, 6.07) is 17.7. The summed E-state index contributed by atoms with van der Waals surface area (Å²) in [4.78, 5) is 42.3. The van der Waals surface area contributed by atoms with Gasteiger partial charge in [-0.2, -0.15) is 0 Å². The molecule has 0 radical (unpaired) electrons. The Morgan fingerprint density at radius 1 is 1.07 bits per heavy atom. The first-order valence-corrected chi connectivity index (χ1v) is 14.3. The third kappa shape index (κ3) is 7.50. The van der Waals surface area contributed by atoms with Gasteiger partial charge in [0.15, 0.2) is 0 Å². The van der Waals surface area contributed by atoms with Crippen molar-refractivity contribution in [1.82, 2.24) is 15.1 Å². The molecule has 0 saturated heterocycles. The smallest absolute Gasteiger partial charge is 0.323 e. The van der Waals surface area contributed by atoms with Gasteiger partial charge in [-0.25, -0.2) is 9.59 Å². The van der Waals surface area contributed by atoms with Gasteiger partial charge >= 0.3 is 12.1 Å². The van der Waals surface area contributed by atoms with Gasteiger partial charge in [-0.15, -0.1) is 0 Å². The summed E-state index contributed by atoms with van der Waals surface area (Å²) in [5, 5.41) is 20.5. The van der Waals surface area contributed by atoms with Gasteiger partial charge < -0.3 is 35.6 Å². The van der Waals surface area contributed by atoms with Crippen LogP contribution < -0.4 is 20.7 Å². The Balaban J connectivity index is 1.58. The van der Waals surface area contributed by atoms with Gasteiger partial charge in [-0.1, -0.05) is 43.3 Å². The van der Waals surface area contributed by atoms with E-state index in [1.807, 2.05) is 63.2 Å². The number of likely N-dealkylation sites (N-methyl/N-ethyl adjacent to an activating group) is 1. The van der Waals surface area contributed by atoms with Crippen molar-refractivity contribution in [2.75, 3.05) is 37.4 Å². The van der Waals surface area contributed by atoms with Gasteiger partial charge in [-0.05, 0) is 50.4 Å². The Morgan fingerprint density at radius 3 is 2.55 bits per heavy atom. The molecule has 0 saturated carbocycles. The summed E-state index contributed by atoms with van der Waals surface area (Å²) in [6.45, 7) is 8.05. The van der Waals surface area contributed by atoms with E-state index in [1.54, 1.807) is 42.0 Å². The number of carbonyl (C=O) groups is 3. The normalized spacial score (nSPS) is 17.8. The topological polar surface area (TPSA) is 123 Å². The SMILES string of the molecule is CC(C)NC(=O)N(C)C[C@H]1Oc2ccc(NC(=O)Nc3cccc4ccccc34)cc2CC(=O)N([C@@H](C)CO)C[C@@H]1C. The van der Waals surface area contributed by atoms with E-state index >= 15 is 0 Å². The third-order valence-electron chi connectivity index (χ3n) is 7.42. The maximum absolute atomic E-state index is 13.5. The van der Waals surface area contributed by atoms with Crippen molar-refractivity contribution < 1.29 is 24.2 Å². The number of carbonyl (C=O) groups excluding carboxylic acids is 3. The van der Waals surface area contributed by atoms with Crippen LogP contribution in [0.15, 0.2) is 60.7 Å². The molecule has 5 amide bonds. The first kappa shape index (κ1) is 30.6. The number of nitrogens with zero attached hydrogens (tertiary/aromatic N) is 2. The lowest BCUT2D eigenvalue weighted by atomic mass is 10.0. The zero-order valence-corrected chi connectivity index (χ0v) is 24.9. The average molecular weight is 576 g/mol. The molecule has 3 aromatic rings. The minimum atomic E-state index is -0.431. The molecule has 0 spiro atoms. The lowest BCUT2D eigenvalue weighted by Crippen LogP contribution is -2.49. The second kappa shape index (κ2) is 13.6. The average Bonchev–Trinajstić information content (AvgIpc) is 2.99. The number of aliphatic hydroxyl groups is 1. The number of aliphatic hydroxyl groups excluding tert-OH is 1. The first-order valence-electron chi connectivity index (χ1n) is 14.3. The summed E-state index contributed by atoms with van der Waals surface area (Å²) in [6.07, 6.45) is -0.400. The summed E-state index contributed by atoms with van der Waals surface area (Å²) < 4.78 is 6.48. The van der Waals surface area contributed by atoms with Gasteiger partial charge in [-0.3, -0.25) is 4.79 Å². The molecule has 1 heterocycles. The highest BCUT2D eigenvalue weighted by Gasteiger charge is 2.32. The van der Waals surface area contributed by atoms with Crippen LogP contribution in [0.5, 0.6) is 5.75 Å². The molecule has 1 aliphatic heterocycles. The fourth-order valence-corrected chi connectivity index (χ4v) is 5.05. The number of benzene rings is 3. The van der Waals surface area contributed by atoms with Crippen molar-refractivity contribution in [2.24, 2.45) is 5.92 Å². The minimum Gasteiger partial charge on any atom is -0.488 e. The second-order valence-corrected chi connectivity index (χ2v) is 11.3. The lowest BCUT2D eigenvalue weighted by Gasteiger charge is -2.34. The molecule has 0 unspecified atom stereocenters. The van der Waals surface area contributed by atoms with Gasteiger partial charge in [0.2, 0.25) is 5.91 Å². The van der Waals surface area contributed by atoms with Crippen molar-refractivity contribution in [1.29, 1.82) is 0 Å². The maximum Gasteiger partial charge on any atom is 0.323 e. The Hall–Kier alpha value is -4.31. The summed E-state index contributed by atoms with van der Waals surface area (Å²) in [5.74, 6) is 0.209. The molecule has 224 valence electrons. The molecule has 1 aliphatic rings. The number of fused-ring (bicyclic) bond motifs is 2. The molecule has 0 aliphatic carbocycles.